The Morgan fingerprint density at radius 1 is 1.15 bits per heavy atom. The van der Waals surface area contributed by atoms with E-state index in [1.54, 1.807) is 0 Å². The van der Waals surface area contributed by atoms with Gasteiger partial charge >= 0.3 is 0 Å². The van der Waals surface area contributed by atoms with Crippen LogP contribution in [0.4, 0.5) is 0 Å². The van der Waals surface area contributed by atoms with Gasteiger partial charge < -0.3 is 0 Å². The van der Waals surface area contributed by atoms with E-state index in [1.165, 1.54) is 5.56 Å². The molecule has 0 aliphatic heterocycles. The van der Waals surface area contributed by atoms with Gasteiger partial charge in [0.1, 0.15) is 0 Å². The number of benzene rings is 1. The molecule has 0 fully saturated rings. The number of halogens is 1. The van der Waals surface area contributed by atoms with Gasteiger partial charge in [-0.25, -0.2) is 0 Å². The lowest BCUT2D eigenvalue weighted by Crippen LogP contribution is -2.08. The molecule has 1 heteroatoms. The Bertz CT molecular complexity index is 246. The first-order valence-corrected chi connectivity index (χ1v) is 5.12. The van der Waals surface area contributed by atoms with Gasteiger partial charge in [-0.3, -0.25) is 0 Å². The first-order valence-electron chi connectivity index (χ1n) is 4.68. The van der Waals surface area contributed by atoms with Gasteiger partial charge in [0.2, 0.25) is 0 Å². The first kappa shape index (κ1) is 10.6. The van der Waals surface area contributed by atoms with E-state index in [2.05, 4.69) is 32.9 Å². The summed E-state index contributed by atoms with van der Waals surface area (Å²) in [4.78, 5) is 0. The number of hydrogen-bond donors (Lipinski definition) is 0. The number of alkyl halides is 1. The van der Waals surface area contributed by atoms with E-state index < -0.39 is 0 Å². The van der Waals surface area contributed by atoms with Crippen LogP contribution in [0, 0.1) is 5.41 Å². The van der Waals surface area contributed by atoms with Gasteiger partial charge in [0.25, 0.3) is 0 Å². The fraction of sp³-hybridized carbons (Fsp3) is 0.500. The molecule has 0 spiro atoms. The van der Waals surface area contributed by atoms with Crippen LogP contribution < -0.4 is 0 Å². The molecule has 0 aliphatic carbocycles. The molecule has 0 unspecified atom stereocenters. The minimum Gasteiger partial charge on any atom is -0.118 e. The third-order valence-electron chi connectivity index (χ3n) is 1.95. The molecule has 0 bridgehead atoms. The van der Waals surface area contributed by atoms with Crippen molar-refractivity contribution in [2.24, 2.45) is 5.41 Å². The zero-order chi connectivity index (χ0) is 9.90. The standard InChI is InChI=1S/C12H17Cl/c1-12(2,3)9-11(13)10-7-5-4-6-8-10/h4-8,11H,9H2,1-3H3/t11-/m0/s1. The first-order chi connectivity index (χ1) is 5.99. The van der Waals surface area contributed by atoms with E-state index in [0.717, 1.165) is 6.42 Å². The summed E-state index contributed by atoms with van der Waals surface area (Å²) in [6, 6.07) is 10.3. The molecule has 0 aliphatic rings. The highest BCUT2D eigenvalue weighted by Gasteiger charge is 2.17. The lowest BCUT2D eigenvalue weighted by molar-refractivity contribution is 0.372. The highest BCUT2D eigenvalue weighted by atomic mass is 35.5. The average Bonchev–Trinajstić information content (AvgIpc) is 2.03. The van der Waals surface area contributed by atoms with Gasteiger partial charge in [-0.2, -0.15) is 0 Å². The smallest absolute Gasteiger partial charge is 0.0590 e. The summed E-state index contributed by atoms with van der Waals surface area (Å²) in [5.74, 6) is 0. The van der Waals surface area contributed by atoms with E-state index in [9.17, 15) is 0 Å². The van der Waals surface area contributed by atoms with Gasteiger partial charge in [-0.1, -0.05) is 51.1 Å². The molecular weight excluding hydrogens is 180 g/mol. The maximum atomic E-state index is 6.29. The summed E-state index contributed by atoms with van der Waals surface area (Å²) in [6.45, 7) is 6.64. The molecule has 0 nitrogen and oxygen atoms in total. The van der Waals surface area contributed by atoms with E-state index in [-0.39, 0.29) is 5.38 Å². The number of hydrogen-bond acceptors (Lipinski definition) is 0. The Morgan fingerprint density at radius 3 is 2.15 bits per heavy atom. The second-order valence-corrected chi connectivity index (χ2v) is 5.17. The molecule has 13 heavy (non-hydrogen) atoms. The minimum absolute atomic E-state index is 0.140. The van der Waals surface area contributed by atoms with Crippen molar-refractivity contribution in [3.05, 3.63) is 35.9 Å². The van der Waals surface area contributed by atoms with Crippen molar-refractivity contribution in [3.8, 4) is 0 Å². The summed E-state index contributed by atoms with van der Waals surface area (Å²) in [5.41, 5.74) is 1.52. The van der Waals surface area contributed by atoms with Crippen LogP contribution in [0.2, 0.25) is 0 Å². The highest BCUT2D eigenvalue weighted by Crippen LogP contribution is 2.33. The van der Waals surface area contributed by atoms with Gasteiger partial charge in [0.15, 0.2) is 0 Å². The van der Waals surface area contributed by atoms with Crippen molar-refractivity contribution < 1.29 is 0 Å². The fourth-order valence-corrected chi connectivity index (χ4v) is 1.93. The molecule has 1 atom stereocenters. The van der Waals surface area contributed by atoms with E-state index in [4.69, 9.17) is 11.6 Å². The maximum Gasteiger partial charge on any atom is 0.0590 e. The largest absolute Gasteiger partial charge is 0.118 e. The van der Waals surface area contributed by atoms with Gasteiger partial charge in [-0.15, -0.1) is 11.6 Å². The molecule has 0 saturated carbocycles. The predicted octanol–water partition coefficient (Wildman–Crippen LogP) is 4.40. The summed E-state index contributed by atoms with van der Waals surface area (Å²) < 4.78 is 0. The molecule has 0 amide bonds. The van der Waals surface area contributed by atoms with E-state index in [1.807, 2.05) is 18.2 Å². The Balaban J connectivity index is 2.64. The Hall–Kier alpha value is -0.490. The van der Waals surface area contributed by atoms with Crippen LogP contribution in [0.25, 0.3) is 0 Å². The summed E-state index contributed by atoms with van der Waals surface area (Å²) in [5, 5.41) is 0.140. The highest BCUT2D eigenvalue weighted by molar-refractivity contribution is 6.20. The molecule has 0 N–H and O–H groups in total. The molecule has 1 aromatic rings. The lowest BCUT2D eigenvalue weighted by atomic mass is 9.88. The normalized spacial score (nSPS) is 14.2. The van der Waals surface area contributed by atoms with Crippen molar-refractivity contribution >= 4 is 11.6 Å². The van der Waals surface area contributed by atoms with Crippen molar-refractivity contribution in [1.82, 2.24) is 0 Å². The second kappa shape index (κ2) is 4.15. The third-order valence-corrected chi connectivity index (χ3v) is 2.36. The van der Waals surface area contributed by atoms with Gasteiger partial charge in [0.05, 0.1) is 5.38 Å². The summed E-state index contributed by atoms with van der Waals surface area (Å²) >= 11 is 6.29. The van der Waals surface area contributed by atoms with Gasteiger partial charge in [-0.05, 0) is 17.4 Å². The molecular formula is C12H17Cl. The molecule has 1 rings (SSSR count). The molecule has 0 aromatic heterocycles. The van der Waals surface area contributed by atoms with Crippen molar-refractivity contribution in [2.45, 2.75) is 32.6 Å². The van der Waals surface area contributed by atoms with Crippen LogP contribution >= 0.6 is 11.6 Å². The molecule has 72 valence electrons. The van der Waals surface area contributed by atoms with Gasteiger partial charge in [0, 0.05) is 0 Å². The SMILES string of the molecule is CC(C)(C)C[C@H](Cl)c1ccccc1. The molecule has 1 aromatic carbocycles. The summed E-state index contributed by atoms with van der Waals surface area (Å²) in [6.07, 6.45) is 1.01. The Morgan fingerprint density at radius 2 is 1.69 bits per heavy atom. The van der Waals surface area contributed by atoms with Crippen molar-refractivity contribution in [2.75, 3.05) is 0 Å². The zero-order valence-corrected chi connectivity index (χ0v) is 9.31. The van der Waals surface area contributed by atoms with E-state index in [0.29, 0.717) is 5.41 Å². The predicted molar refractivity (Wildman–Crippen MR) is 59.1 cm³/mol. The Kier molecular flexibility index (Phi) is 3.38. The van der Waals surface area contributed by atoms with Crippen LogP contribution in [0.15, 0.2) is 30.3 Å². The van der Waals surface area contributed by atoms with Crippen LogP contribution in [0.5, 0.6) is 0 Å². The average molecular weight is 197 g/mol. The van der Waals surface area contributed by atoms with Crippen molar-refractivity contribution in [1.29, 1.82) is 0 Å². The van der Waals surface area contributed by atoms with Crippen LogP contribution in [-0.4, -0.2) is 0 Å². The second-order valence-electron chi connectivity index (χ2n) is 4.64. The van der Waals surface area contributed by atoms with Crippen molar-refractivity contribution in [3.63, 3.8) is 0 Å². The maximum absolute atomic E-state index is 6.29. The monoisotopic (exact) mass is 196 g/mol. The zero-order valence-electron chi connectivity index (χ0n) is 8.55. The van der Waals surface area contributed by atoms with Crippen LogP contribution in [0.3, 0.4) is 0 Å². The lowest BCUT2D eigenvalue weighted by Gasteiger charge is -2.21. The molecule has 0 radical (unpaired) electrons. The van der Waals surface area contributed by atoms with Crippen LogP contribution in [0.1, 0.15) is 38.1 Å². The fourth-order valence-electron chi connectivity index (χ4n) is 1.32. The minimum atomic E-state index is 0.140. The molecule has 0 saturated heterocycles. The topological polar surface area (TPSA) is 0 Å². The van der Waals surface area contributed by atoms with Crippen LogP contribution in [-0.2, 0) is 0 Å². The number of rotatable bonds is 2. The van der Waals surface area contributed by atoms with E-state index >= 15 is 0 Å². The quantitative estimate of drug-likeness (QED) is 0.615. The molecule has 0 heterocycles. The third kappa shape index (κ3) is 3.82. The Labute approximate surface area is 85.9 Å². The summed E-state index contributed by atoms with van der Waals surface area (Å²) in [7, 11) is 0.